The summed E-state index contributed by atoms with van der Waals surface area (Å²) in [6, 6.07) is 43.9. The predicted molar refractivity (Wildman–Crippen MR) is 205 cm³/mol. The number of hydrogen-bond donors (Lipinski definition) is 0. The van der Waals surface area contributed by atoms with Gasteiger partial charge in [0.1, 0.15) is 0 Å². The van der Waals surface area contributed by atoms with Crippen LogP contribution in [0.2, 0.25) is 13.1 Å². The monoisotopic (exact) mass is 740 g/mol. The molecular formula is C42H48Cl2SiZr-2. The van der Waals surface area contributed by atoms with Crippen LogP contribution in [-0.2, 0) is 30.8 Å². The van der Waals surface area contributed by atoms with Crippen LogP contribution in [0.15, 0.2) is 121 Å². The molecule has 0 bridgehead atoms. The van der Waals surface area contributed by atoms with Crippen LogP contribution in [0.4, 0.5) is 0 Å². The molecule has 0 N–H and O–H groups in total. The topological polar surface area (TPSA) is 0 Å². The second kappa shape index (κ2) is 16.3. The average Bonchev–Trinajstić information content (AvgIpc) is 3.59. The fourth-order valence-electron chi connectivity index (χ4n) is 5.76. The Morgan fingerprint density at radius 2 is 0.891 bits per heavy atom. The van der Waals surface area contributed by atoms with Crippen LogP contribution < -0.4 is 0 Å². The van der Waals surface area contributed by atoms with Gasteiger partial charge in [0.25, 0.3) is 0 Å². The minimum absolute atomic E-state index is 0.224. The molecule has 0 saturated heterocycles. The molecule has 46 heavy (non-hydrogen) atoms. The first-order valence-electron chi connectivity index (χ1n) is 16.2. The summed E-state index contributed by atoms with van der Waals surface area (Å²) in [5, 5.41) is 5.45. The van der Waals surface area contributed by atoms with Gasteiger partial charge in [-0.15, -0.1) is 69.1 Å². The Hall–Kier alpha value is -2.22. The van der Waals surface area contributed by atoms with E-state index in [2.05, 4.69) is 176 Å². The third-order valence-corrected chi connectivity index (χ3v) is 27.4. The van der Waals surface area contributed by atoms with Gasteiger partial charge >= 0.3 is 53.5 Å². The normalized spacial score (nSPS) is 11.4. The summed E-state index contributed by atoms with van der Waals surface area (Å²) in [6.07, 6.45) is 2.24. The van der Waals surface area contributed by atoms with E-state index in [0.29, 0.717) is 10.8 Å². The van der Waals surface area contributed by atoms with Gasteiger partial charge < -0.3 is 0 Å². The zero-order chi connectivity index (χ0) is 33.5. The fourth-order valence-corrected chi connectivity index (χ4v) is 5.76. The summed E-state index contributed by atoms with van der Waals surface area (Å²) < 4.78 is 0. The molecule has 0 aliphatic heterocycles. The van der Waals surface area contributed by atoms with Crippen molar-refractivity contribution >= 4 is 44.0 Å². The molecule has 4 heteroatoms. The number of rotatable bonds is 4. The summed E-state index contributed by atoms with van der Waals surface area (Å²) in [5.74, 6) is 0. The minimum atomic E-state index is -1.65. The molecule has 0 aromatic heterocycles. The van der Waals surface area contributed by atoms with Crippen LogP contribution in [0.1, 0.15) is 52.7 Å². The molecule has 0 aliphatic rings. The first-order chi connectivity index (χ1) is 21.7. The van der Waals surface area contributed by atoms with Gasteiger partial charge in [0.05, 0.1) is 0 Å². The van der Waals surface area contributed by atoms with E-state index in [1.54, 1.807) is 0 Å². The van der Waals surface area contributed by atoms with Gasteiger partial charge in [-0.25, -0.2) is 0 Å². The number of hydrogen-bond acceptors (Lipinski definition) is 0. The second-order valence-corrected chi connectivity index (χ2v) is 37.8. The molecule has 0 heterocycles. The first-order valence-corrected chi connectivity index (χ1v) is 28.7. The molecule has 0 spiro atoms. The van der Waals surface area contributed by atoms with Crippen molar-refractivity contribution in [3.05, 3.63) is 132 Å². The van der Waals surface area contributed by atoms with E-state index >= 15 is 0 Å². The molecule has 6 aromatic carbocycles. The Morgan fingerprint density at radius 3 is 1.20 bits per heavy atom. The Morgan fingerprint density at radius 1 is 0.543 bits per heavy atom. The molecule has 0 fully saturated rings. The number of benzene rings is 4. The average molecular weight is 743 g/mol. The maximum atomic E-state index is 5.62. The van der Waals surface area contributed by atoms with Gasteiger partial charge in [-0.1, -0.05) is 125 Å². The van der Waals surface area contributed by atoms with Gasteiger partial charge in [-0.3, -0.25) is 0 Å². The van der Waals surface area contributed by atoms with Crippen LogP contribution in [0, 0.1) is 10.8 Å². The van der Waals surface area contributed by atoms with Crippen molar-refractivity contribution in [2.45, 2.75) is 67.5 Å². The van der Waals surface area contributed by atoms with E-state index in [1.165, 1.54) is 54.9 Å². The molecule has 240 valence electrons. The van der Waals surface area contributed by atoms with Crippen molar-refractivity contribution in [1.29, 1.82) is 0 Å². The second-order valence-electron chi connectivity index (χ2n) is 14.8. The van der Waals surface area contributed by atoms with E-state index < -0.39 is 18.0 Å². The Balaban J connectivity index is 0.000000178. The fraction of sp³-hybridized carbons (Fsp3) is 0.286. The van der Waals surface area contributed by atoms with Crippen molar-refractivity contribution in [2.75, 3.05) is 0 Å². The zero-order valence-corrected chi connectivity index (χ0v) is 33.7. The van der Waals surface area contributed by atoms with Crippen LogP contribution in [0.3, 0.4) is 0 Å². The Kier molecular flexibility index (Phi) is 12.9. The van der Waals surface area contributed by atoms with E-state index in [0.717, 1.165) is 12.8 Å². The summed E-state index contributed by atoms with van der Waals surface area (Å²) in [4.78, 5) is 0. The molecule has 6 rings (SSSR count). The number of halogens is 2. The predicted octanol–water partition coefficient (Wildman–Crippen LogP) is 13.8. The third-order valence-electron chi connectivity index (χ3n) is 7.64. The summed E-state index contributed by atoms with van der Waals surface area (Å²) in [5.41, 5.74) is 8.59. The molecule has 0 saturated carbocycles. The standard InChI is InChI=1S/2C20H21.C2H6Si.2ClH.Zr/c2*1-20(2,3)14-15-12-17-10-7-11-18(19(17)13-15)16-8-5-4-6-9-16;1-3-2;;;/h2*4-13H,14H2,1-3H3;1-2H3;2*1H;/q2*-1;;;;+2/p-2. The molecule has 0 amide bonds. The summed E-state index contributed by atoms with van der Waals surface area (Å²) in [7, 11) is 11.2. The van der Waals surface area contributed by atoms with Crippen LogP contribution >= 0.6 is 17.0 Å². The van der Waals surface area contributed by atoms with Gasteiger partial charge in [0.15, 0.2) is 0 Å². The zero-order valence-electron chi connectivity index (χ0n) is 28.7. The van der Waals surface area contributed by atoms with Gasteiger partial charge in [-0.2, -0.15) is 12.1 Å². The van der Waals surface area contributed by atoms with Crippen molar-refractivity contribution in [2.24, 2.45) is 10.8 Å². The molecular weight excluding hydrogens is 695 g/mol. The SMILES string of the molecule is CC(C)(C)Cc1cc2c(-c3ccccc3)cccc2[cH-]1.CC(C)(C)Cc1cc2c(-c3ccccc3)cccc2[cH-]1.C[Si](C)=[Zr]([Cl])[Cl]. The molecule has 6 aromatic rings. The van der Waals surface area contributed by atoms with Crippen LogP contribution in [0.5, 0.6) is 0 Å². The third kappa shape index (κ3) is 10.9. The van der Waals surface area contributed by atoms with Gasteiger partial charge in [0, 0.05) is 0 Å². The van der Waals surface area contributed by atoms with Crippen molar-refractivity contribution in [1.82, 2.24) is 0 Å². The first kappa shape index (κ1) is 36.6. The summed E-state index contributed by atoms with van der Waals surface area (Å²) in [6.45, 7) is 18.1. The summed E-state index contributed by atoms with van der Waals surface area (Å²) >= 11 is -1.65. The molecule has 0 atom stereocenters. The van der Waals surface area contributed by atoms with E-state index in [4.69, 9.17) is 17.0 Å². The quantitative estimate of drug-likeness (QED) is 0.125. The van der Waals surface area contributed by atoms with E-state index in [-0.39, 0.29) is 5.43 Å². The molecule has 0 unspecified atom stereocenters. The van der Waals surface area contributed by atoms with E-state index in [1.807, 2.05) is 0 Å². The van der Waals surface area contributed by atoms with Crippen LogP contribution in [0.25, 0.3) is 43.8 Å². The van der Waals surface area contributed by atoms with E-state index in [9.17, 15) is 0 Å². The van der Waals surface area contributed by atoms with Crippen molar-refractivity contribution < 1.29 is 18.0 Å². The molecule has 0 radical (unpaired) electrons. The Bertz CT molecular complexity index is 1730. The van der Waals surface area contributed by atoms with Gasteiger partial charge in [-0.05, 0) is 34.8 Å². The Labute approximate surface area is 292 Å². The number of fused-ring (bicyclic) bond motifs is 2. The van der Waals surface area contributed by atoms with Crippen LogP contribution in [-0.4, -0.2) is 5.43 Å². The van der Waals surface area contributed by atoms with Gasteiger partial charge in [0.2, 0.25) is 0 Å². The molecule has 0 aliphatic carbocycles. The van der Waals surface area contributed by atoms with Crippen molar-refractivity contribution in [3.8, 4) is 22.3 Å². The van der Waals surface area contributed by atoms with Crippen molar-refractivity contribution in [3.63, 3.8) is 0 Å². The molecule has 0 nitrogen and oxygen atoms in total. The maximum absolute atomic E-state index is 5.62.